The Balaban J connectivity index is 0.00000176. The fraction of sp³-hybridized carbons (Fsp3) is 0.158. The predicted molar refractivity (Wildman–Crippen MR) is 94.7 cm³/mol. The molecule has 3 rings (SSSR count). The van der Waals surface area contributed by atoms with Gasteiger partial charge < -0.3 is 0 Å². The molecular formula is C19H19BrNO+. The van der Waals surface area contributed by atoms with Gasteiger partial charge in [-0.2, -0.15) is 4.57 Å². The molecule has 112 valence electrons. The summed E-state index contributed by atoms with van der Waals surface area (Å²) in [5.41, 5.74) is 4.25. The Labute approximate surface area is 141 Å². The summed E-state index contributed by atoms with van der Waals surface area (Å²) in [6.45, 7) is 4.48. The first kappa shape index (κ1) is 16.4. The summed E-state index contributed by atoms with van der Waals surface area (Å²) in [7, 11) is 0. The molecule has 1 aromatic heterocycles. The summed E-state index contributed by atoms with van der Waals surface area (Å²) in [4.78, 5) is 12.4. The smallest absolute Gasteiger partial charge is 0.227 e. The van der Waals surface area contributed by atoms with Gasteiger partial charge in [0.1, 0.15) is 0 Å². The molecule has 0 aliphatic rings. The van der Waals surface area contributed by atoms with E-state index in [1.165, 1.54) is 16.5 Å². The molecule has 3 aromatic rings. The number of ketones is 1. The molecule has 0 unspecified atom stereocenters. The lowest BCUT2D eigenvalue weighted by Gasteiger charge is -2.04. The number of fused-ring (bicyclic) bond motifs is 1. The van der Waals surface area contributed by atoms with Crippen LogP contribution in [0.25, 0.3) is 10.9 Å². The summed E-state index contributed by atoms with van der Waals surface area (Å²) in [5, 5.41) is 1.19. The maximum Gasteiger partial charge on any atom is 0.227 e. The van der Waals surface area contributed by atoms with E-state index in [9.17, 15) is 4.79 Å². The third-order valence-corrected chi connectivity index (χ3v) is 3.83. The number of nitrogens with zero attached hydrogens (tertiary/aromatic N) is 1. The fourth-order valence-corrected chi connectivity index (χ4v) is 2.55. The van der Waals surface area contributed by atoms with Crippen molar-refractivity contribution in [3.8, 4) is 0 Å². The van der Waals surface area contributed by atoms with Crippen molar-refractivity contribution >= 4 is 33.7 Å². The lowest BCUT2D eigenvalue weighted by molar-refractivity contribution is -0.657. The standard InChI is InChI=1S/C19H18NO.BrH/c1-14-7-9-16(10-8-14)19(21)13-20-12-11-15(2)17-5-3-4-6-18(17)20;/h3-12H,13H2,1-2H3;1H/q+1;. The zero-order chi connectivity index (χ0) is 14.8. The van der Waals surface area contributed by atoms with E-state index in [1.807, 2.05) is 54.1 Å². The van der Waals surface area contributed by atoms with E-state index < -0.39 is 0 Å². The number of benzene rings is 2. The van der Waals surface area contributed by atoms with Crippen LogP contribution in [-0.2, 0) is 6.54 Å². The number of pyridine rings is 1. The molecule has 0 aliphatic heterocycles. The highest BCUT2D eigenvalue weighted by Gasteiger charge is 2.15. The van der Waals surface area contributed by atoms with Gasteiger partial charge in [-0.05, 0) is 25.5 Å². The Bertz CT molecular complexity index is 809. The van der Waals surface area contributed by atoms with Crippen LogP contribution in [0, 0.1) is 13.8 Å². The lowest BCUT2D eigenvalue weighted by atomic mass is 10.1. The molecule has 0 fully saturated rings. The SMILES string of the molecule is Br.Cc1ccc(C(=O)C[n+]2ccc(C)c3ccccc32)cc1. The zero-order valence-corrected chi connectivity index (χ0v) is 14.5. The Morgan fingerprint density at radius 1 is 0.955 bits per heavy atom. The minimum atomic E-state index is 0. The molecule has 0 saturated heterocycles. The molecule has 2 nitrogen and oxygen atoms in total. The Kier molecular flexibility index (Phi) is 5.09. The van der Waals surface area contributed by atoms with Crippen molar-refractivity contribution in [3.63, 3.8) is 0 Å². The highest BCUT2D eigenvalue weighted by molar-refractivity contribution is 8.93. The Morgan fingerprint density at radius 3 is 2.36 bits per heavy atom. The molecule has 0 spiro atoms. The number of hydrogen-bond donors (Lipinski definition) is 0. The van der Waals surface area contributed by atoms with Gasteiger partial charge in [-0.15, -0.1) is 17.0 Å². The second-order valence-electron chi connectivity index (χ2n) is 5.43. The van der Waals surface area contributed by atoms with Gasteiger partial charge in [-0.1, -0.05) is 42.0 Å². The molecule has 0 N–H and O–H groups in total. The number of rotatable bonds is 3. The van der Waals surface area contributed by atoms with Crippen molar-refractivity contribution in [2.45, 2.75) is 20.4 Å². The first-order chi connectivity index (χ1) is 10.1. The third-order valence-electron chi connectivity index (χ3n) is 3.83. The monoisotopic (exact) mass is 356 g/mol. The maximum atomic E-state index is 12.4. The third kappa shape index (κ3) is 3.25. The second-order valence-corrected chi connectivity index (χ2v) is 5.43. The molecule has 0 saturated carbocycles. The summed E-state index contributed by atoms with van der Waals surface area (Å²) in [6, 6.07) is 18.0. The number of carbonyl (C=O) groups excluding carboxylic acids is 1. The van der Waals surface area contributed by atoms with Crippen molar-refractivity contribution in [3.05, 3.63) is 77.5 Å². The second kappa shape index (κ2) is 6.84. The van der Waals surface area contributed by atoms with E-state index in [0.29, 0.717) is 6.54 Å². The number of halogens is 1. The molecule has 0 aliphatic carbocycles. The largest absolute Gasteiger partial charge is 0.287 e. The number of para-hydroxylation sites is 1. The van der Waals surface area contributed by atoms with Crippen molar-refractivity contribution in [2.75, 3.05) is 0 Å². The van der Waals surface area contributed by atoms with Crippen LogP contribution in [0.3, 0.4) is 0 Å². The lowest BCUT2D eigenvalue weighted by Crippen LogP contribution is -2.38. The first-order valence-corrected chi connectivity index (χ1v) is 7.13. The van der Waals surface area contributed by atoms with Gasteiger partial charge in [0.05, 0.1) is 0 Å². The van der Waals surface area contributed by atoms with Gasteiger partial charge in [-0.25, -0.2) is 0 Å². The van der Waals surface area contributed by atoms with Crippen LogP contribution in [0.1, 0.15) is 21.5 Å². The van der Waals surface area contributed by atoms with E-state index in [4.69, 9.17) is 0 Å². The number of Topliss-reactive ketones (excluding diaryl/α,β-unsaturated/α-hetero) is 1. The van der Waals surface area contributed by atoms with Gasteiger partial charge in [0.25, 0.3) is 0 Å². The van der Waals surface area contributed by atoms with Crippen molar-refractivity contribution < 1.29 is 9.36 Å². The van der Waals surface area contributed by atoms with Gasteiger partial charge >= 0.3 is 0 Å². The summed E-state index contributed by atoms with van der Waals surface area (Å²) >= 11 is 0. The van der Waals surface area contributed by atoms with E-state index >= 15 is 0 Å². The highest BCUT2D eigenvalue weighted by Crippen LogP contribution is 2.14. The fourth-order valence-electron chi connectivity index (χ4n) is 2.55. The summed E-state index contributed by atoms with van der Waals surface area (Å²) < 4.78 is 2.02. The van der Waals surface area contributed by atoms with Crippen LogP contribution >= 0.6 is 17.0 Å². The highest BCUT2D eigenvalue weighted by atomic mass is 79.9. The van der Waals surface area contributed by atoms with Crippen LogP contribution < -0.4 is 4.57 Å². The number of carbonyl (C=O) groups is 1. The molecule has 3 heteroatoms. The van der Waals surface area contributed by atoms with Crippen LogP contribution in [0.15, 0.2) is 60.8 Å². The van der Waals surface area contributed by atoms with Gasteiger partial charge in [0, 0.05) is 23.1 Å². The molecule has 1 heterocycles. The summed E-state index contributed by atoms with van der Waals surface area (Å²) in [6.07, 6.45) is 1.99. The normalized spacial score (nSPS) is 10.3. The average Bonchev–Trinajstić information content (AvgIpc) is 2.51. The number of aromatic nitrogens is 1. The predicted octanol–water partition coefficient (Wildman–Crippen LogP) is 4.20. The Morgan fingerprint density at radius 2 is 1.64 bits per heavy atom. The van der Waals surface area contributed by atoms with Gasteiger partial charge in [0.15, 0.2) is 6.20 Å². The van der Waals surface area contributed by atoms with E-state index in [2.05, 4.69) is 25.1 Å². The van der Waals surface area contributed by atoms with E-state index in [-0.39, 0.29) is 22.8 Å². The Hall–Kier alpha value is -2.00. The first-order valence-electron chi connectivity index (χ1n) is 7.13. The average molecular weight is 357 g/mol. The van der Waals surface area contributed by atoms with Gasteiger partial charge in [0.2, 0.25) is 17.8 Å². The minimum absolute atomic E-state index is 0. The van der Waals surface area contributed by atoms with E-state index in [0.717, 1.165) is 11.1 Å². The van der Waals surface area contributed by atoms with Crippen molar-refractivity contribution in [1.82, 2.24) is 0 Å². The molecule has 0 radical (unpaired) electrons. The zero-order valence-electron chi connectivity index (χ0n) is 12.7. The summed E-state index contributed by atoms with van der Waals surface area (Å²) in [5.74, 6) is 0.133. The quantitative estimate of drug-likeness (QED) is 0.508. The molecule has 0 bridgehead atoms. The van der Waals surface area contributed by atoms with Crippen LogP contribution in [0.5, 0.6) is 0 Å². The van der Waals surface area contributed by atoms with Crippen molar-refractivity contribution in [2.24, 2.45) is 0 Å². The molecule has 2 aromatic carbocycles. The molecular weight excluding hydrogens is 338 g/mol. The maximum absolute atomic E-state index is 12.4. The van der Waals surface area contributed by atoms with Crippen LogP contribution in [-0.4, -0.2) is 5.78 Å². The van der Waals surface area contributed by atoms with Crippen LogP contribution in [0.2, 0.25) is 0 Å². The van der Waals surface area contributed by atoms with Crippen molar-refractivity contribution in [1.29, 1.82) is 0 Å². The van der Waals surface area contributed by atoms with E-state index in [1.54, 1.807) is 0 Å². The van der Waals surface area contributed by atoms with Gasteiger partial charge in [-0.3, -0.25) is 4.79 Å². The van der Waals surface area contributed by atoms with Crippen LogP contribution in [0.4, 0.5) is 0 Å². The number of aryl methyl sites for hydroxylation is 2. The molecule has 0 amide bonds. The topological polar surface area (TPSA) is 20.9 Å². The minimum Gasteiger partial charge on any atom is -0.287 e. The molecule has 22 heavy (non-hydrogen) atoms. The molecule has 0 atom stereocenters. The number of hydrogen-bond acceptors (Lipinski definition) is 1.